The first-order valence-electron chi connectivity index (χ1n) is 9.55. The van der Waals surface area contributed by atoms with Crippen LogP contribution in [-0.2, 0) is 6.54 Å². The fourth-order valence-corrected chi connectivity index (χ4v) is 4.96. The lowest BCUT2D eigenvalue weighted by molar-refractivity contribution is 0.298. The molecule has 1 saturated carbocycles. The van der Waals surface area contributed by atoms with E-state index >= 15 is 0 Å². The molecular formula is C21H25N5. The molecule has 1 aliphatic heterocycles. The van der Waals surface area contributed by atoms with Crippen molar-refractivity contribution in [2.45, 2.75) is 25.4 Å². The topological polar surface area (TPSA) is 48.1 Å². The zero-order valence-corrected chi connectivity index (χ0v) is 15.2. The van der Waals surface area contributed by atoms with Crippen molar-refractivity contribution in [3.05, 3.63) is 54.5 Å². The Labute approximate surface area is 154 Å². The summed E-state index contributed by atoms with van der Waals surface area (Å²) in [5.41, 5.74) is 2.35. The molecule has 5 rings (SSSR count). The van der Waals surface area contributed by atoms with Gasteiger partial charge in [-0.2, -0.15) is 0 Å². The van der Waals surface area contributed by atoms with Gasteiger partial charge in [0.25, 0.3) is 0 Å². The second-order valence-corrected chi connectivity index (χ2v) is 7.87. The number of anilines is 1. The van der Waals surface area contributed by atoms with E-state index in [1.807, 2.05) is 6.20 Å². The van der Waals surface area contributed by atoms with Gasteiger partial charge in [0.1, 0.15) is 17.8 Å². The predicted molar refractivity (Wildman–Crippen MR) is 104 cm³/mol. The summed E-state index contributed by atoms with van der Waals surface area (Å²) in [6, 6.07) is 13.5. The highest BCUT2D eigenvalue weighted by Gasteiger charge is 2.42. The van der Waals surface area contributed by atoms with Gasteiger partial charge in [0.2, 0.25) is 0 Å². The Morgan fingerprint density at radius 3 is 2.62 bits per heavy atom. The third kappa shape index (κ3) is 2.76. The minimum absolute atomic E-state index is 0.580. The smallest absolute Gasteiger partial charge is 0.142 e. The Morgan fingerprint density at radius 1 is 1.08 bits per heavy atom. The number of H-pyrrole nitrogens is 1. The molecule has 0 amide bonds. The van der Waals surface area contributed by atoms with Gasteiger partial charge in [-0.25, -0.2) is 9.97 Å². The Balaban J connectivity index is 1.26. The lowest BCUT2D eigenvalue weighted by atomic mass is 10.0. The summed E-state index contributed by atoms with van der Waals surface area (Å²) >= 11 is 0. The fraction of sp³-hybridized carbons (Fsp3) is 0.429. The van der Waals surface area contributed by atoms with Gasteiger partial charge < -0.3 is 9.88 Å². The minimum atomic E-state index is 0.580. The van der Waals surface area contributed by atoms with Gasteiger partial charge in [-0.3, -0.25) is 4.90 Å². The SMILES string of the molecule is CN(c1ncnc2[nH]ccc12)C1CC2CN(Cc3ccccc3)CC2C1. The number of fused-ring (bicyclic) bond motifs is 2. The van der Waals surface area contributed by atoms with E-state index in [0.29, 0.717) is 6.04 Å². The van der Waals surface area contributed by atoms with Crippen LogP contribution in [0.4, 0.5) is 5.82 Å². The summed E-state index contributed by atoms with van der Waals surface area (Å²) in [5.74, 6) is 2.69. The van der Waals surface area contributed by atoms with Crippen LogP contribution < -0.4 is 4.90 Å². The molecule has 1 N–H and O–H groups in total. The number of nitrogens with zero attached hydrogens (tertiary/aromatic N) is 4. The van der Waals surface area contributed by atoms with Crippen molar-refractivity contribution >= 4 is 16.9 Å². The summed E-state index contributed by atoms with van der Waals surface area (Å²) in [7, 11) is 2.20. The van der Waals surface area contributed by atoms with E-state index < -0.39 is 0 Å². The van der Waals surface area contributed by atoms with Crippen LogP contribution in [0.25, 0.3) is 11.0 Å². The van der Waals surface area contributed by atoms with E-state index in [4.69, 9.17) is 0 Å². The maximum absolute atomic E-state index is 4.57. The molecule has 5 heteroatoms. The summed E-state index contributed by atoms with van der Waals surface area (Å²) in [6.45, 7) is 3.55. The van der Waals surface area contributed by atoms with Crippen molar-refractivity contribution in [1.29, 1.82) is 0 Å². The highest BCUT2D eigenvalue weighted by molar-refractivity contribution is 5.87. The molecule has 3 heterocycles. The van der Waals surface area contributed by atoms with Crippen molar-refractivity contribution in [2.24, 2.45) is 11.8 Å². The molecule has 26 heavy (non-hydrogen) atoms. The maximum Gasteiger partial charge on any atom is 0.142 e. The molecule has 3 aromatic rings. The first kappa shape index (κ1) is 15.8. The number of hydrogen-bond acceptors (Lipinski definition) is 4. The summed E-state index contributed by atoms with van der Waals surface area (Å²) in [5, 5.41) is 1.12. The van der Waals surface area contributed by atoms with E-state index in [1.165, 1.54) is 31.5 Å². The van der Waals surface area contributed by atoms with Gasteiger partial charge in [-0.15, -0.1) is 0 Å². The van der Waals surface area contributed by atoms with Crippen molar-refractivity contribution in [3.63, 3.8) is 0 Å². The third-order valence-corrected chi connectivity index (χ3v) is 6.27. The Hall–Kier alpha value is -2.40. The second-order valence-electron chi connectivity index (χ2n) is 7.87. The molecule has 0 radical (unpaired) electrons. The molecule has 2 aliphatic rings. The van der Waals surface area contributed by atoms with Crippen LogP contribution in [0, 0.1) is 11.8 Å². The number of benzene rings is 1. The zero-order chi connectivity index (χ0) is 17.5. The first-order chi connectivity index (χ1) is 12.8. The molecule has 1 aliphatic carbocycles. The van der Waals surface area contributed by atoms with Crippen molar-refractivity contribution in [1.82, 2.24) is 19.9 Å². The molecule has 2 aromatic heterocycles. The lowest BCUT2D eigenvalue weighted by Gasteiger charge is -2.28. The Morgan fingerprint density at radius 2 is 1.85 bits per heavy atom. The van der Waals surface area contributed by atoms with Crippen LogP contribution in [0.3, 0.4) is 0 Å². The van der Waals surface area contributed by atoms with Crippen molar-refractivity contribution in [2.75, 3.05) is 25.0 Å². The second kappa shape index (κ2) is 6.40. The Bertz CT molecular complexity index is 876. The molecule has 1 saturated heterocycles. The number of rotatable bonds is 4. The molecule has 2 unspecified atom stereocenters. The first-order valence-corrected chi connectivity index (χ1v) is 9.55. The largest absolute Gasteiger partial charge is 0.356 e. The van der Waals surface area contributed by atoms with Gasteiger partial charge in [-0.1, -0.05) is 30.3 Å². The molecule has 0 spiro atoms. The van der Waals surface area contributed by atoms with Crippen molar-refractivity contribution in [3.8, 4) is 0 Å². The molecule has 1 aromatic carbocycles. The van der Waals surface area contributed by atoms with Crippen LogP contribution in [0.1, 0.15) is 18.4 Å². The molecular weight excluding hydrogens is 322 g/mol. The van der Waals surface area contributed by atoms with E-state index in [-0.39, 0.29) is 0 Å². The highest BCUT2D eigenvalue weighted by Crippen LogP contribution is 2.41. The van der Waals surface area contributed by atoms with Gasteiger partial charge in [0, 0.05) is 38.9 Å². The van der Waals surface area contributed by atoms with Crippen LogP contribution in [0.2, 0.25) is 0 Å². The molecule has 2 atom stereocenters. The number of likely N-dealkylation sites (tertiary alicyclic amines) is 1. The maximum atomic E-state index is 4.57. The van der Waals surface area contributed by atoms with E-state index in [0.717, 1.165) is 35.2 Å². The standard InChI is InChI=1S/C21H25N5/c1-25(21-19-7-8-22-20(19)23-14-24-21)18-9-16-12-26(13-17(16)10-18)11-15-5-3-2-4-6-15/h2-8,14,16-18H,9-13H2,1H3,(H,22,23,24). The molecule has 2 fully saturated rings. The van der Waals surface area contributed by atoms with Gasteiger partial charge in [-0.05, 0) is 36.3 Å². The van der Waals surface area contributed by atoms with Crippen LogP contribution in [-0.4, -0.2) is 46.0 Å². The van der Waals surface area contributed by atoms with Gasteiger partial charge >= 0.3 is 0 Å². The van der Waals surface area contributed by atoms with Crippen LogP contribution in [0.15, 0.2) is 48.9 Å². The third-order valence-electron chi connectivity index (χ3n) is 6.27. The van der Waals surface area contributed by atoms with Crippen molar-refractivity contribution < 1.29 is 0 Å². The average molecular weight is 347 g/mol. The van der Waals surface area contributed by atoms with Gasteiger partial charge in [0.05, 0.1) is 5.39 Å². The zero-order valence-electron chi connectivity index (χ0n) is 15.2. The van der Waals surface area contributed by atoms with Crippen LogP contribution >= 0.6 is 0 Å². The highest BCUT2D eigenvalue weighted by atomic mass is 15.2. The number of hydrogen-bond donors (Lipinski definition) is 1. The molecule has 5 nitrogen and oxygen atoms in total. The van der Waals surface area contributed by atoms with Crippen LogP contribution in [0.5, 0.6) is 0 Å². The Kier molecular flexibility index (Phi) is 3.89. The predicted octanol–water partition coefficient (Wildman–Crippen LogP) is 3.30. The number of aromatic amines is 1. The molecule has 0 bridgehead atoms. The summed E-state index contributed by atoms with van der Waals surface area (Å²) in [4.78, 5) is 17.1. The van der Waals surface area contributed by atoms with E-state index in [9.17, 15) is 0 Å². The summed E-state index contributed by atoms with van der Waals surface area (Å²) < 4.78 is 0. The average Bonchev–Trinajstić information content (AvgIpc) is 3.35. The number of nitrogens with one attached hydrogen (secondary N) is 1. The minimum Gasteiger partial charge on any atom is -0.356 e. The van der Waals surface area contributed by atoms with E-state index in [1.54, 1.807) is 6.33 Å². The molecule has 134 valence electrons. The fourth-order valence-electron chi connectivity index (χ4n) is 4.96. The summed E-state index contributed by atoms with van der Waals surface area (Å²) in [6.07, 6.45) is 6.15. The normalized spacial score (nSPS) is 25.7. The quantitative estimate of drug-likeness (QED) is 0.787. The van der Waals surface area contributed by atoms with E-state index in [2.05, 4.69) is 68.2 Å². The number of aromatic nitrogens is 3. The lowest BCUT2D eigenvalue weighted by Crippen LogP contribution is -2.32. The van der Waals surface area contributed by atoms with Gasteiger partial charge in [0.15, 0.2) is 0 Å². The monoisotopic (exact) mass is 347 g/mol.